The molecule has 2 aliphatic carbocycles. The quantitative estimate of drug-likeness (QED) is 0.709. The molecule has 86 valence electrons. The molecular weight excluding hydrogens is 186 g/mol. The molecule has 2 aliphatic rings. The number of carbonyl (C=O) groups is 1. The summed E-state index contributed by atoms with van der Waals surface area (Å²) >= 11 is 0. The van der Waals surface area contributed by atoms with Gasteiger partial charge in [-0.25, -0.2) is 0 Å². The van der Waals surface area contributed by atoms with E-state index in [1.54, 1.807) is 0 Å². The third-order valence-electron chi connectivity index (χ3n) is 4.25. The molecule has 0 N–H and O–H groups in total. The van der Waals surface area contributed by atoms with Crippen LogP contribution in [0.1, 0.15) is 51.4 Å². The third kappa shape index (κ3) is 3.04. The Bertz CT molecular complexity index is 213. The highest BCUT2D eigenvalue weighted by atomic mass is 16.1. The average molecular weight is 209 g/mol. The maximum atomic E-state index is 11.1. The highest BCUT2D eigenvalue weighted by Crippen LogP contribution is 2.30. The molecule has 0 spiro atoms. The second kappa shape index (κ2) is 5.11. The van der Waals surface area contributed by atoms with Gasteiger partial charge in [0.1, 0.15) is 5.78 Å². The molecule has 2 fully saturated rings. The predicted octanol–water partition coefficient (Wildman–Crippen LogP) is 2.62. The van der Waals surface area contributed by atoms with Crippen molar-refractivity contribution in [1.82, 2.24) is 4.90 Å². The summed E-state index contributed by atoms with van der Waals surface area (Å²) < 4.78 is 0. The van der Waals surface area contributed by atoms with Crippen LogP contribution in [0.3, 0.4) is 0 Å². The zero-order valence-corrected chi connectivity index (χ0v) is 9.87. The Hall–Kier alpha value is -0.370. The molecule has 0 aromatic rings. The van der Waals surface area contributed by atoms with Gasteiger partial charge in [-0.3, -0.25) is 4.79 Å². The van der Waals surface area contributed by atoms with Crippen LogP contribution in [0.4, 0.5) is 0 Å². The van der Waals surface area contributed by atoms with E-state index < -0.39 is 0 Å². The van der Waals surface area contributed by atoms with Crippen molar-refractivity contribution in [2.24, 2.45) is 5.92 Å². The van der Waals surface area contributed by atoms with E-state index in [1.165, 1.54) is 32.2 Å². The minimum Gasteiger partial charge on any atom is -0.303 e. The number of hydrogen-bond donors (Lipinski definition) is 0. The van der Waals surface area contributed by atoms with E-state index in [0.29, 0.717) is 11.8 Å². The van der Waals surface area contributed by atoms with Crippen LogP contribution < -0.4 is 0 Å². The molecule has 15 heavy (non-hydrogen) atoms. The standard InChI is InChI=1S/C13H23NO/c1-14(10-9-11-3-2-4-11)12-5-7-13(15)8-6-12/h11-12H,2-10H2,1H3. The van der Waals surface area contributed by atoms with Gasteiger partial charge in [0.15, 0.2) is 0 Å². The van der Waals surface area contributed by atoms with Gasteiger partial charge in [0.2, 0.25) is 0 Å². The predicted molar refractivity (Wildman–Crippen MR) is 61.9 cm³/mol. The lowest BCUT2D eigenvalue weighted by Gasteiger charge is -2.33. The average Bonchev–Trinajstić information content (AvgIpc) is 2.16. The Labute approximate surface area is 93.0 Å². The minimum atomic E-state index is 0.471. The van der Waals surface area contributed by atoms with Crippen LogP contribution in [-0.2, 0) is 4.79 Å². The first kappa shape index (κ1) is 11.1. The van der Waals surface area contributed by atoms with Crippen LogP contribution in [0.15, 0.2) is 0 Å². The Balaban J connectivity index is 1.65. The maximum absolute atomic E-state index is 11.1. The van der Waals surface area contributed by atoms with Crippen molar-refractivity contribution in [3.05, 3.63) is 0 Å². The molecule has 0 aliphatic heterocycles. The first-order valence-corrected chi connectivity index (χ1v) is 6.47. The Kier molecular flexibility index (Phi) is 3.79. The summed E-state index contributed by atoms with van der Waals surface area (Å²) in [4.78, 5) is 13.6. The summed E-state index contributed by atoms with van der Waals surface area (Å²) in [7, 11) is 2.24. The van der Waals surface area contributed by atoms with Crippen molar-refractivity contribution < 1.29 is 4.79 Å². The number of hydrogen-bond acceptors (Lipinski definition) is 2. The molecule has 0 aromatic carbocycles. The first-order valence-electron chi connectivity index (χ1n) is 6.47. The molecule has 0 radical (unpaired) electrons. The molecule has 2 heteroatoms. The van der Waals surface area contributed by atoms with Crippen LogP contribution in [-0.4, -0.2) is 30.3 Å². The van der Waals surface area contributed by atoms with Crippen LogP contribution >= 0.6 is 0 Å². The lowest BCUT2D eigenvalue weighted by atomic mass is 9.82. The largest absolute Gasteiger partial charge is 0.303 e. The molecule has 2 rings (SSSR count). The fourth-order valence-corrected chi connectivity index (χ4v) is 2.72. The van der Waals surface area contributed by atoms with Gasteiger partial charge in [0.05, 0.1) is 0 Å². The van der Waals surface area contributed by atoms with Gasteiger partial charge in [-0.1, -0.05) is 19.3 Å². The molecule has 0 amide bonds. The van der Waals surface area contributed by atoms with E-state index in [2.05, 4.69) is 11.9 Å². The van der Waals surface area contributed by atoms with Crippen molar-refractivity contribution >= 4 is 5.78 Å². The highest BCUT2D eigenvalue weighted by Gasteiger charge is 2.23. The van der Waals surface area contributed by atoms with Crippen molar-refractivity contribution in [1.29, 1.82) is 0 Å². The van der Waals surface area contributed by atoms with Crippen molar-refractivity contribution in [2.75, 3.05) is 13.6 Å². The second-order valence-corrected chi connectivity index (χ2v) is 5.34. The lowest BCUT2D eigenvalue weighted by Crippen LogP contribution is -2.36. The molecule has 2 saturated carbocycles. The smallest absolute Gasteiger partial charge is 0.133 e. The molecule has 0 saturated heterocycles. The van der Waals surface area contributed by atoms with E-state index >= 15 is 0 Å². The van der Waals surface area contributed by atoms with E-state index in [0.717, 1.165) is 31.6 Å². The molecule has 0 aromatic heterocycles. The number of Topliss-reactive ketones (excluding diaryl/α,β-unsaturated/α-hetero) is 1. The van der Waals surface area contributed by atoms with Crippen molar-refractivity contribution in [3.63, 3.8) is 0 Å². The van der Waals surface area contributed by atoms with Crippen LogP contribution in [0.2, 0.25) is 0 Å². The number of carbonyl (C=O) groups excluding carboxylic acids is 1. The van der Waals surface area contributed by atoms with Crippen LogP contribution in [0, 0.1) is 5.92 Å². The van der Waals surface area contributed by atoms with E-state index in [4.69, 9.17) is 0 Å². The summed E-state index contributed by atoms with van der Waals surface area (Å²) in [5.74, 6) is 1.48. The van der Waals surface area contributed by atoms with Gasteiger partial charge in [-0.05, 0) is 38.8 Å². The number of nitrogens with zero attached hydrogens (tertiary/aromatic N) is 1. The SMILES string of the molecule is CN(CCC1CCC1)C1CCC(=O)CC1. The Morgan fingerprint density at radius 1 is 1.20 bits per heavy atom. The summed E-state index contributed by atoms with van der Waals surface area (Å²) in [5, 5.41) is 0. The van der Waals surface area contributed by atoms with Gasteiger partial charge in [-0.2, -0.15) is 0 Å². The topological polar surface area (TPSA) is 20.3 Å². The van der Waals surface area contributed by atoms with E-state index in [1.807, 2.05) is 0 Å². The van der Waals surface area contributed by atoms with Gasteiger partial charge in [-0.15, -0.1) is 0 Å². The molecule has 0 atom stereocenters. The molecular formula is C13H23NO. The molecule has 0 bridgehead atoms. The normalized spacial score (nSPS) is 24.5. The van der Waals surface area contributed by atoms with Crippen molar-refractivity contribution in [3.8, 4) is 0 Å². The monoisotopic (exact) mass is 209 g/mol. The summed E-state index contributed by atoms with van der Waals surface area (Å²) in [6, 6.07) is 0.683. The van der Waals surface area contributed by atoms with E-state index in [-0.39, 0.29) is 0 Å². The van der Waals surface area contributed by atoms with Gasteiger partial charge in [0.25, 0.3) is 0 Å². The summed E-state index contributed by atoms with van der Waals surface area (Å²) in [6.45, 7) is 1.24. The van der Waals surface area contributed by atoms with Crippen LogP contribution in [0.5, 0.6) is 0 Å². The lowest BCUT2D eigenvalue weighted by molar-refractivity contribution is -0.121. The Morgan fingerprint density at radius 2 is 1.87 bits per heavy atom. The van der Waals surface area contributed by atoms with Gasteiger partial charge >= 0.3 is 0 Å². The zero-order chi connectivity index (χ0) is 10.7. The fraction of sp³-hybridized carbons (Fsp3) is 0.923. The zero-order valence-electron chi connectivity index (χ0n) is 9.87. The first-order chi connectivity index (χ1) is 7.25. The number of ketones is 1. The maximum Gasteiger partial charge on any atom is 0.133 e. The van der Waals surface area contributed by atoms with Gasteiger partial charge in [0, 0.05) is 18.9 Å². The number of rotatable bonds is 4. The van der Waals surface area contributed by atoms with E-state index in [9.17, 15) is 4.79 Å². The molecule has 0 unspecified atom stereocenters. The summed E-state index contributed by atoms with van der Waals surface area (Å²) in [5.41, 5.74) is 0. The fourth-order valence-electron chi connectivity index (χ4n) is 2.72. The highest BCUT2D eigenvalue weighted by molar-refractivity contribution is 5.79. The second-order valence-electron chi connectivity index (χ2n) is 5.34. The van der Waals surface area contributed by atoms with Crippen molar-refractivity contribution in [2.45, 2.75) is 57.4 Å². The minimum absolute atomic E-state index is 0.471. The molecule has 2 nitrogen and oxygen atoms in total. The molecule has 0 heterocycles. The van der Waals surface area contributed by atoms with Gasteiger partial charge < -0.3 is 4.90 Å². The summed E-state index contributed by atoms with van der Waals surface area (Å²) in [6.07, 6.45) is 9.57. The third-order valence-corrected chi connectivity index (χ3v) is 4.25. The van der Waals surface area contributed by atoms with Crippen LogP contribution in [0.25, 0.3) is 0 Å². The Morgan fingerprint density at radius 3 is 2.40 bits per heavy atom.